The highest BCUT2D eigenvalue weighted by molar-refractivity contribution is 9.10. The van der Waals surface area contributed by atoms with Gasteiger partial charge in [0, 0.05) is 88.0 Å². The summed E-state index contributed by atoms with van der Waals surface area (Å²) >= 11 is 2.84. The highest BCUT2D eigenvalue weighted by Crippen LogP contribution is 2.40. The van der Waals surface area contributed by atoms with Crippen molar-refractivity contribution in [3.63, 3.8) is 0 Å². The van der Waals surface area contributed by atoms with Crippen molar-refractivity contribution in [2.45, 2.75) is 66.0 Å². The molecule has 6 heterocycles. The monoisotopic (exact) mass is 1050 g/mol. The summed E-state index contributed by atoms with van der Waals surface area (Å²) < 4.78 is 118. The zero-order chi connectivity index (χ0) is 52.0. The molecule has 2 N–H and O–H groups in total. The van der Waals surface area contributed by atoms with Gasteiger partial charge in [0.15, 0.2) is 28.5 Å². The second-order valence-corrected chi connectivity index (χ2v) is 16.6. The van der Waals surface area contributed by atoms with Crippen LogP contribution < -0.4 is 10.6 Å². The van der Waals surface area contributed by atoms with Crippen LogP contribution in [0.3, 0.4) is 0 Å². The van der Waals surface area contributed by atoms with Crippen LogP contribution >= 0.6 is 15.9 Å². The predicted molar refractivity (Wildman–Crippen MR) is 252 cm³/mol. The number of benzene rings is 2. The van der Waals surface area contributed by atoms with Gasteiger partial charge in [-0.25, -0.2) is 24.9 Å². The van der Waals surface area contributed by atoms with E-state index in [1.54, 1.807) is 33.2 Å². The lowest BCUT2D eigenvalue weighted by Gasteiger charge is -2.16. The van der Waals surface area contributed by atoms with Crippen molar-refractivity contribution in [1.29, 1.82) is 0 Å². The van der Waals surface area contributed by atoms with E-state index in [1.807, 2.05) is 19.1 Å². The lowest BCUT2D eigenvalue weighted by molar-refractivity contribution is -0.142. The maximum Gasteiger partial charge on any atom is 0.434 e. The molecule has 8 rings (SSSR count). The van der Waals surface area contributed by atoms with Gasteiger partial charge in [-0.05, 0) is 120 Å². The Balaban J connectivity index is 0.000000196. The van der Waals surface area contributed by atoms with Crippen LogP contribution in [0.5, 0.6) is 0 Å². The normalized spacial score (nSPS) is 11.6. The van der Waals surface area contributed by atoms with Crippen LogP contribution in [0.2, 0.25) is 0 Å². The second kappa shape index (κ2) is 21.7. The smallest absolute Gasteiger partial charge is 0.357 e. The predicted octanol–water partition coefficient (Wildman–Crippen LogP) is 12.5. The number of rotatable bonds is 8. The number of carbonyl (C=O) groups excluding carboxylic acids is 2. The van der Waals surface area contributed by atoms with E-state index in [4.69, 9.17) is 0 Å². The molecule has 0 saturated heterocycles. The van der Waals surface area contributed by atoms with Crippen molar-refractivity contribution in [3.8, 4) is 11.1 Å². The fourth-order valence-corrected chi connectivity index (χ4v) is 7.25. The van der Waals surface area contributed by atoms with Crippen LogP contribution in [0.25, 0.3) is 33.2 Å². The Bertz CT molecular complexity index is 3280. The number of nitrogens with one attached hydrogen (secondary N) is 2. The Labute approximate surface area is 407 Å². The molecule has 0 radical (unpaired) electrons. The maximum atomic E-state index is 14.0. The molecular weight excluding hydrogens is 1010 g/mol. The number of anilines is 2. The number of hydrogen-bond acceptors (Lipinski definition) is 11. The van der Waals surface area contributed by atoms with Crippen molar-refractivity contribution >= 4 is 61.3 Å². The number of ketones is 1. The number of alkyl halides is 9. The van der Waals surface area contributed by atoms with Gasteiger partial charge in [-0.2, -0.15) is 44.5 Å². The number of carbonyl (C=O) groups is 2. The summed E-state index contributed by atoms with van der Waals surface area (Å²) in [6.45, 7) is 9.39. The van der Waals surface area contributed by atoms with Gasteiger partial charge in [0.25, 0.3) is 5.91 Å². The molecule has 12 nitrogen and oxygen atoms in total. The standard InChI is InChI=1S/C24H17F6N5O.C16H17NO.C9H6BrF3N4/c1-3-19-32-11-14-8-17(20(24(28,29)30)35-21(14)34-19)16-10-15(5-4-12(16)2)33-22(36)13-6-7-31-18(9-13)23(25,26)27;1-11-4-5-14(8-12(11)2)10-16(18)15-6-7-17-13(3)9-15;1-14-8-15-3-4-2-5(10)6(9(11,12)13)16-7(4)17-8/h4-11H,3H2,1-2H3,(H,33,36);4-9H,10H2,1-3H3;2-3H,1H3,(H,14,15,16,17). The van der Waals surface area contributed by atoms with Gasteiger partial charge in [0.1, 0.15) is 11.5 Å². The molecule has 0 aliphatic rings. The molecule has 0 aliphatic carbocycles. The number of Topliss-reactive ketones (excluding diaryl/α,β-unsaturated/α-hetero) is 1. The van der Waals surface area contributed by atoms with E-state index in [9.17, 15) is 49.1 Å². The van der Waals surface area contributed by atoms with Gasteiger partial charge in [-0.3, -0.25) is 19.6 Å². The topological polar surface area (TPSA) is 161 Å². The molecule has 0 fully saturated rings. The first kappa shape index (κ1) is 52.9. The Morgan fingerprint density at radius 2 is 1.24 bits per heavy atom. The number of nitrogens with zero attached hydrogens (tertiary/aromatic N) is 8. The van der Waals surface area contributed by atoms with Crippen LogP contribution in [0.1, 0.15) is 78.5 Å². The summed E-state index contributed by atoms with van der Waals surface area (Å²) in [6.07, 6.45) is -7.87. The molecule has 0 atom stereocenters. The molecule has 6 aromatic heterocycles. The zero-order valence-electron chi connectivity index (χ0n) is 38.3. The van der Waals surface area contributed by atoms with Gasteiger partial charge < -0.3 is 10.6 Å². The van der Waals surface area contributed by atoms with E-state index in [2.05, 4.69) is 92.4 Å². The summed E-state index contributed by atoms with van der Waals surface area (Å²) in [4.78, 5) is 55.2. The fraction of sp³-hybridized carbons (Fsp3) is 0.224. The average Bonchev–Trinajstić information content (AvgIpc) is 3.32. The SMILES string of the molecule is CCc1ncc2cc(-c3cc(NC(=O)c4ccnc(C(F)(F)F)c4)ccc3C)c(C(F)(F)F)nc2n1.CNc1ncc2cc(Br)c(C(F)(F)F)nc2n1.Cc1cc(C(=O)Cc2ccc(C)c(C)c2)ccn1. The minimum atomic E-state index is -4.81. The molecule has 0 spiro atoms. The number of halogens is 10. The van der Waals surface area contributed by atoms with Crippen LogP contribution in [0, 0.1) is 27.7 Å². The first-order valence-corrected chi connectivity index (χ1v) is 21.9. The van der Waals surface area contributed by atoms with Crippen LogP contribution in [0.15, 0.2) is 102 Å². The number of aromatic nitrogens is 8. The maximum absolute atomic E-state index is 14.0. The minimum absolute atomic E-state index is 0.000116. The fourth-order valence-electron chi connectivity index (χ4n) is 6.69. The molecule has 2 aromatic carbocycles. The van der Waals surface area contributed by atoms with Gasteiger partial charge in [0.2, 0.25) is 5.95 Å². The number of aryl methyl sites for hydroxylation is 5. The summed E-state index contributed by atoms with van der Waals surface area (Å²) in [5, 5.41) is 5.79. The number of fused-ring (bicyclic) bond motifs is 2. The Kier molecular flexibility index (Phi) is 16.1. The average molecular weight is 1050 g/mol. The molecule has 0 bridgehead atoms. The molecular formula is C49H40BrF9N10O2. The summed E-state index contributed by atoms with van der Waals surface area (Å²) in [5.74, 6) is -0.170. The minimum Gasteiger partial charge on any atom is -0.357 e. The van der Waals surface area contributed by atoms with Crippen molar-refractivity contribution in [2.75, 3.05) is 17.7 Å². The van der Waals surface area contributed by atoms with Gasteiger partial charge in [0.05, 0.1) is 0 Å². The first-order valence-electron chi connectivity index (χ1n) is 21.1. The van der Waals surface area contributed by atoms with Crippen molar-refractivity contribution in [1.82, 2.24) is 39.9 Å². The van der Waals surface area contributed by atoms with Crippen LogP contribution in [-0.2, 0) is 31.4 Å². The first-order chi connectivity index (χ1) is 33.3. The summed E-state index contributed by atoms with van der Waals surface area (Å²) in [6, 6.07) is 18.3. The highest BCUT2D eigenvalue weighted by Gasteiger charge is 2.38. The van der Waals surface area contributed by atoms with E-state index in [0.717, 1.165) is 29.1 Å². The van der Waals surface area contributed by atoms with E-state index >= 15 is 0 Å². The molecule has 0 unspecified atom stereocenters. The lowest BCUT2D eigenvalue weighted by atomic mass is 9.97. The number of pyridine rings is 4. The Morgan fingerprint density at radius 3 is 1.89 bits per heavy atom. The lowest BCUT2D eigenvalue weighted by Crippen LogP contribution is -2.15. The third-order valence-electron chi connectivity index (χ3n) is 10.5. The van der Waals surface area contributed by atoms with E-state index in [-0.39, 0.29) is 49.9 Å². The van der Waals surface area contributed by atoms with Crippen molar-refractivity contribution in [2.24, 2.45) is 0 Å². The van der Waals surface area contributed by atoms with Crippen LogP contribution in [0.4, 0.5) is 51.1 Å². The molecule has 8 aromatic rings. The molecule has 71 heavy (non-hydrogen) atoms. The number of hydrogen-bond donors (Lipinski definition) is 2. The highest BCUT2D eigenvalue weighted by atomic mass is 79.9. The van der Waals surface area contributed by atoms with E-state index in [0.29, 0.717) is 41.1 Å². The van der Waals surface area contributed by atoms with E-state index < -0.39 is 41.5 Å². The Morgan fingerprint density at radius 1 is 0.606 bits per heavy atom. The zero-order valence-corrected chi connectivity index (χ0v) is 39.9. The molecule has 0 aliphatic heterocycles. The quantitative estimate of drug-likeness (QED) is 0.110. The third-order valence-corrected chi connectivity index (χ3v) is 11.1. The summed E-state index contributed by atoms with van der Waals surface area (Å²) in [5.41, 5.74) is 1.76. The molecule has 22 heteroatoms. The molecule has 368 valence electrons. The van der Waals surface area contributed by atoms with Crippen molar-refractivity contribution < 1.29 is 49.1 Å². The second-order valence-electron chi connectivity index (χ2n) is 15.7. The molecule has 1 amide bonds. The van der Waals surface area contributed by atoms with Gasteiger partial charge >= 0.3 is 18.5 Å². The van der Waals surface area contributed by atoms with Gasteiger partial charge in [-0.15, -0.1) is 0 Å². The summed E-state index contributed by atoms with van der Waals surface area (Å²) in [7, 11) is 1.57. The van der Waals surface area contributed by atoms with Crippen molar-refractivity contribution in [3.05, 3.63) is 164 Å². The Hall–Kier alpha value is -7.49. The number of amides is 1. The largest absolute Gasteiger partial charge is 0.434 e. The van der Waals surface area contributed by atoms with Crippen LogP contribution in [-0.4, -0.2) is 58.6 Å². The van der Waals surface area contributed by atoms with E-state index in [1.165, 1.54) is 53.9 Å². The molecule has 0 saturated carbocycles. The third kappa shape index (κ3) is 13.4. The van der Waals surface area contributed by atoms with Gasteiger partial charge in [-0.1, -0.05) is 31.2 Å².